The van der Waals surface area contributed by atoms with Crippen LogP contribution in [0.1, 0.15) is 155 Å². The Labute approximate surface area is 230 Å². The molecule has 0 aromatic carbocycles. The first kappa shape index (κ1) is 37.0. The molecule has 7 heteroatoms. The molecule has 0 radical (unpaired) electrons. The highest BCUT2D eigenvalue weighted by Gasteiger charge is 2.40. The van der Waals surface area contributed by atoms with Crippen LogP contribution in [-0.2, 0) is 18.6 Å². The summed E-state index contributed by atoms with van der Waals surface area (Å²) in [6.45, 7) is 4.66. The molecule has 2 unspecified atom stereocenters. The number of rotatable bonds is 30. The third kappa shape index (κ3) is 22.5. The van der Waals surface area contributed by atoms with E-state index in [0.29, 0.717) is 6.61 Å². The van der Waals surface area contributed by atoms with Crippen LogP contribution in [0, 0.1) is 0 Å². The number of aliphatic hydroxyl groups excluding tert-OH is 1. The number of hydrogen-bond donors (Lipinski definition) is 2. The van der Waals surface area contributed by atoms with Gasteiger partial charge in [0.05, 0.1) is 13.2 Å². The van der Waals surface area contributed by atoms with E-state index in [9.17, 15) is 14.6 Å². The van der Waals surface area contributed by atoms with Crippen LogP contribution in [0.5, 0.6) is 0 Å². The van der Waals surface area contributed by atoms with Gasteiger partial charge in [-0.2, -0.15) is 0 Å². The lowest BCUT2D eigenvalue weighted by Crippen LogP contribution is -2.35. The molecule has 0 rings (SSSR count). The van der Waals surface area contributed by atoms with E-state index in [1.807, 2.05) is 0 Å². The van der Waals surface area contributed by atoms with Crippen molar-refractivity contribution < 1.29 is 28.6 Å². The number of hydrogen-bond acceptors (Lipinski definition) is 5. The van der Waals surface area contributed by atoms with E-state index in [0.717, 1.165) is 38.5 Å². The summed E-state index contributed by atoms with van der Waals surface area (Å²) >= 11 is 0. The summed E-state index contributed by atoms with van der Waals surface area (Å²) in [4.78, 5) is 10.5. The van der Waals surface area contributed by atoms with Gasteiger partial charge in [-0.3, -0.25) is 4.57 Å². The zero-order valence-corrected chi connectivity index (χ0v) is 25.7. The first-order valence-electron chi connectivity index (χ1n) is 15.8. The minimum Gasteiger partial charge on any atom is -0.394 e. The van der Waals surface area contributed by atoms with E-state index in [1.165, 1.54) is 110 Å². The molecule has 6 nitrogen and oxygen atoms in total. The predicted molar refractivity (Wildman–Crippen MR) is 156 cm³/mol. The van der Waals surface area contributed by atoms with Crippen molar-refractivity contribution in [2.24, 2.45) is 0 Å². The molecule has 3 atom stereocenters. The molecule has 0 aromatic rings. The Morgan fingerprint density at radius 1 is 0.595 bits per heavy atom. The molecule has 0 saturated carbocycles. The zero-order chi connectivity index (χ0) is 27.5. The molecule has 0 aliphatic carbocycles. The standard InChI is InChI=1S/C30H63O6P/c1-4-6-8-10-12-13-14-15-16-17-18-19-20-21-22-24-26-35-30(29(28-31)34-3)37(32,33)36-27-25-23-11-9-7-5-2/h29-31H,4-28H2,1-3H3,(H,32,33)/t29-,30?/m0/s1. The van der Waals surface area contributed by atoms with E-state index >= 15 is 0 Å². The van der Waals surface area contributed by atoms with Gasteiger partial charge in [0, 0.05) is 13.7 Å². The van der Waals surface area contributed by atoms with Crippen LogP contribution in [0.4, 0.5) is 0 Å². The van der Waals surface area contributed by atoms with Crippen LogP contribution < -0.4 is 0 Å². The van der Waals surface area contributed by atoms with Gasteiger partial charge >= 0.3 is 7.60 Å². The van der Waals surface area contributed by atoms with Crippen molar-refractivity contribution in [1.82, 2.24) is 0 Å². The van der Waals surface area contributed by atoms with E-state index in [1.54, 1.807) is 0 Å². The summed E-state index contributed by atoms with van der Waals surface area (Å²) in [6.07, 6.45) is 26.3. The summed E-state index contributed by atoms with van der Waals surface area (Å²) in [5, 5.41) is 9.60. The van der Waals surface area contributed by atoms with E-state index < -0.39 is 19.5 Å². The van der Waals surface area contributed by atoms with E-state index in [-0.39, 0.29) is 13.2 Å². The average Bonchev–Trinajstić information content (AvgIpc) is 2.89. The molecule has 37 heavy (non-hydrogen) atoms. The zero-order valence-electron chi connectivity index (χ0n) is 24.8. The minimum absolute atomic E-state index is 0.223. The lowest BCUT2D eigenvalue weighted by molar-refractivity contribution is -0.0524. The average molecular weight is 551 g/mol. The maximum atomic E-state index is 12.8. The van der Waals surface area contributed by atoms with Crippen LogP contribution in [0.25, 0.3) is 0 Å². The van der Waals surface area contributed by atoms with Crippen LogP contribution in [0.15, 0.2) is 0 Å². The van der Waals surface area contributed by atoms with Crippen molar-refractivity contribution in [2.45, 2.75) is 167 Å². The molecule has 0 aliphatic rings. The molecule has 0 bridgehead atoms. The van der Waals surface area contributed by atoms with Crippen molar-refractivity contribution in [3.05, 3.63) is 0 Å². The van der Waals surface area contributed by atoms with E-state index in [2.05, 4.69) is 13.8 Å². The Hall–Kier alpha value is 0.0300. The summed E-state index contributed by atoms with van der Waals surface area (Å²) in [5.74, 6) is -1.15. The van der Waals surface area contributed by atoms with E-state index in [4.69, 9.17) is 14.0 Å². The molecule has 224 valence electrons. The largest absolute Gasteiger partial charge is 0.394 e. The highest BCUT2D eigenvalue weighted by atomic mass is 31.2. The summed E-state index contributed by atoms with van der Waals surface area (Å²) in [7, 11) is -2.64. The van der Waals surface area contributed by atoms with Crippen molar-refractivity contribution in [3.8, 4) is 0 Å². The lowest BCUT2D eigenvalue weighted by Gasteiger charge is -2.28. The SMILES string of the molecule is CCCCCCCCCCCCCCCCCCOC([C@H](CO)OC)P(=O)(O)OCCCCCCCC. The van der Waals surface area contributed by atoms with Crippen molar-refractivity contribution in [2.75, 3.05) is 26.9 Å². The van der Waals surface area contributed by atoms with Gasteiger partial charge < -0.3 is 24.0 Å². The van der Waals surface area contributed by atoms with Gasteiger partial charge in [0.15, 0.2) is 5.85 Å². The third-order valence-electron chi connectivity index (χ3n) is 7.18. The van der Waals surface area contributed by atoms with Gasteiger partial charge in [-0.15, -0.1) is 0 Å². The fourth-order valence-electron chi connectivity index (χ4n) is 4.70. The Morgan fingerprint density at radius 2 is 0.946 bits per heavy atom. The maximum Gasteiger partial charge on any atom is 0.359 e. The van der Waals surface area contributed by atoms with Gasteiger partial charge in [-0.1, -0.05) is 142 Å². The number of ether oxygens (including phenoxy) is 2. The van der Waals surface area contributed by atoms with Crippen LogP contribution >= 0.6 is 7.60 Å². The third-order valence-corrected chi connectivity index (χ3v) is 8.86. The molecule has 0 amide bonds. The molecule has 0 aromatic heterocycles. The smallest absolute Gasteiger partial charge is 0.359 e. The Kier molecular flexibility index (Phi) is 27.6. The second kappa shape index (κ2) is 27.6. The van der Waals surface area contributed by atoms with Crippen LogP contribution in [-0.4, -0.2) is 48.9 Å². The van der Waals surface area contributed by atoms with Crippen molar-refractivity contribution in [1.29, 1.82) is 0 Å². The Bertz CT molecular complexity index is 500. The monoisotopic (exact) mass is 550 g/mol. The Balaban J connectivity index is 3.88. The second-order valence-electron chi connectivity index (χ2n) is 10.7. The Morgan fingerprint density at radius 3 is 1.30 bits per heavy atom. The number of methoxy groups -OCH3 is 1. The number of unbranched alkanes of at least 4 members (excludes halogenated alkanes) is 20. The van der Waals surface area contributed by atoms with Gasteiger partial charge in [0.25, 0.3) is 0 Å². The molecule has 0 spiro atoms. The fourth-order valence-corrected chi connectivity index (χ4v) is 6.17. The molecule has 0 heterocycles. The highest BCUT2D eigenvalue weighted by Crippen LogP contribution is 2.50. The molecule has 0 aliphatic heterocycles. The first-order chi connectivity index (χ1) is 18.0. The second-order valence-corrected chi connectivity index (χ2v) is 12.6. The van der Waals surface area contributed by atoms with Gasteiger partial charge in [0.1, 0.15) is 6.10 Å². The number of aliphatic hydroxyl groups is 1. The first-order valence-corrected chi connectivity index (χ1v) is 17.4. The molecule has 0 fully saturated rings. The molecule has 2 N–H and O–H groups in total. The highest BCUT2D eigenvalue weighted by molar-refractivity contribution is 7.53. The summed E-state index contributed by atoms with van der Waals surface area (Å²) in [5.41, 5.74) is 0. The summed E-state index contributed by atoms with van der Waals surface area (Å²) < 4.78 is 29.2. The summed E-state index contributed by atoms with van der Waals surface area (Å²) in [6, 6.07) is 0. The van der Waals surface area contributed by atoms with Crippen LogP contribution in [0.3, 0.4) is 0 Å². The van der Waals surface area contributed by atoms with Crippen molar-refractivity contribution >= 4 is 7.60 Å². The molecular weight excluding hydrogens is 487 g/mol. The lowest BCUT2D eigenvalue weighted by atomic mass is 10.0. The van der Waals surface area contributed by atoms with Crippen LogP contribution in [0.2, 0.25) is 0 Å². The predicted octanol–water partition coefficient (Wildman–Crippen LogP) is 9.16. The maximum absolute atomic E-state index is 12.8. The topological polar surface area (TPSA) is 85.2 Å². The normalized spacial score (nSPS) is 15.1. The molecule has 0 saturated heterocycles. The molecular formula is C30H63O6P. The van der Waals surface area contributed by atoms with Gasteiger partial charge in [-0.05, 0) is 12.8 Å². The minimum atomic E-state index is -4.05. The quantitative estimate of drug-likeness (QED) is 0.0685. The van der Waals surface area contributed by atoms with Gasteiger partial charge in [0.2, 0.25) is 0 Å². The van der Waals surface area contributed by atoms with Gasteiger partial charge in [-0.25, -0.2) is 0 Å². The fraction of sp³-hybridized carbons (Fsp3) is 1.00. The van der Waals surface area contributed by atoms with Crippen molar-refractivity contribution in [3.63, 3.8) is 0 Å².